The lowest BCUT2D eigenvalue weighted by molar-refractivity contribution is -0.143. The van der Waals surface area contributed by atoms with Crippen molar-refractivity contribution in [2.24, 2.45) is 7.05 Å². The van der Waals surface area contributed by atoms with Crippen molar-refractivity contribution in [1.29, 1.82) is 0 Å². The normalized spacial score (nSPS) is 16.6. The number of aryl methyl sites for hydroxylation is 1. The summed E-state index contributed by atoms with van der Waals surface area (Å²) in [6.45, 7) is 1.76. The summed E-state index contributed by atoms with van der Waals surface area (Å²) in [5, 5.41) is 9.66. The van der Waals surface area contributed by atoms with Crippen LogP contribution in [-0.2, 0) is 18.3 Å². The first-order valence-corrected chi connectivity index (χ1v) is 7.69. The summed E-state index contributed by atoms with van der Waals surface area (Å²) in [5.74, 6) is -1.58. The van der Waals surface area contributed by atoms with Crippen LogP contribution < -0.4 is 0 Å². The van der Waals surface area contributed by atoms with Crippen molar-refractivity contribution in [1.82, 2.24) is 9.47 Å². The predicted octanol–water partition coefficient (Wildman–Crippen LogP) is 2.05. The van der Waals surface area contributed by atoms with Crippen LogP contribution in [0.1, 0.15) is 44.9 Å². The molecule has 3 rings (SSSR count). The van der Waals surface area contributed by atoms with Gasteiger partial charge in [-0.25, -0.2) is 4.79 Å². The zero-order valence-corrected chi connectivity index (χ0v) is 13.5. The van der Waals surface area contributed by atoms with Crippen molar-refractivity contribution in [2.75, 3.05) is 6.54 Å². The smallest absolute Gasteiger partial charge is 0.331 e. The Morgan fingerprint density at radius 1 is 1.21 bits per heavy atom. The maximum absolute atomic E-state index is 12.9. The third-order valence-electron chi connectivity index (χ3n) is 4.41. The zero-order valence-electron chi connectivity index (χ0n) is 13.5. The Labute approximate surface area is 139 Å². The largest absolute Gasteiger partial charge is 0.479 e. The second kappa shape index (κ2) is 5.96. The van der Waals surface area contributed by atoms with E-state index in [2.05, 4.69) is 0 Å². The quantitative estimate of drug-likeness (QED) is 0.876. The summed E-state index contributed by atoms with van der Waals surface area (Å²) in [5.41, 5.74) is 2.34. The monoisotopic (exact) mass is 326 g/mol. The summed E-state index contributed by atoms with van der Waals surface area (Å²) < 4.78 is 1.57. The van der Waals surface area contributed by atoms with Gasteiger partial charge < -0.3 is 14.6 Å². The lowest BCUT2D eigenvalue weighted by Crippen LogP contribution is -2.44. The molecule has 0 aliphatic carbocycles. The van der Waals surface area contributed by atoms with Crippen LogP contribution in [0.2, 0.25) is 0 Å². The van der Waals surface area contributed by atoms with Gasteiger partial charge in [-0.2, -0.15) is 0 Å². The molecule has 1 N–H and O–H groups in total. The number of carboxylic acids is 1. The molecule has 0 spiro atoms. The van der Waals surface area contributed by atoms with E-state index in [1.165, 1.54) is 17.9 Å². The average molecular weight is 326 g/mol. The molecule has 1 aromatic carbocycles. The molecule has 1 atom stereocenters. The number of aromatic nitrogens is 1. The van der Waals surface area contributed by atoms with E-state index in [9.17, 15) is 19.5 Å². The summed E-state index contributed by atoms with van der Waals surface area (Å²) in [7, 11) is 1.67. The second-order valence-electron chi connectivity index (χ2n) is 5.97. The number of benzene rings is 1. The first-order valence-electron chi connectivity index (χ1n) is 7.69. The second-order valence-corrected chi connectivity index (χ2v) is 5.97. The number of amides is 1. The summed E-state index contributed by atoms with van der Waals surface area (Å²) in [6, 6.07) is 7.79. The lowest BCUT2D eigenvalue weighted by Gasteiger charge is -2.34. The Morgan fingerprint density at radius 3 is 2.54 bits per heavy atom. The molecular formula is C18H18N2O4. The third-order valence-corrected chi connectivity index (χ3v) is 4.41. The number of ketones is 1. The first kappa shape index (κ1) is 16.0. The van der Waals surface area contributed by atoms with E-state index in [1.54, 1.807) is 29.9 Å². The van der Waals surface area contributed by atoms with Crippen molar-refractivity contribution in [3.63, 3.8) is 0 Å². The number of carbonyl (C=O) groups excluding carboxylic acids is 2. The Kier molecular flexibility index (Phi) is 3.97. The third kappa shape index (κ3) is 2.60. The van der Waals surface area contributed by atoms with Crippen LogP contribution in [0.3, 0.4) is 0 Å². The number of carbonyl (C=O) groups is 3. The molecular weight excluding hydrogens is 308 g/mol. The van der Waals surface area contributed by atoms with Gasteiger partial charge in [0.25, 0.3) is 5.91 Å². The maximum atomic E-state index is 12.9. The van der Waals surface area contributed by atoms with Crippen molar-refractivity contribution in [3.05, 3.63) is 58.9 Å². The van der Waals surface area contributed by atoms with E-state index in [-0.39, 0.29) is 11.7 Å². The van der Waals surface area contributed by atoms with Gasteiger partial charge in [0.05, 0.1) is 0 Å². The van der Waals surface area contributed by atoms with Gasteiger partial charge in [0.2, 0.25) is 0 Å². The fraction of sp³-hybridized carbons (Fsp3) is 0.278. The summed E-state index contributed by atoms with van der Waals surface area (Å²) in [4.78, 5) is 37.6. The number of nitrogens with zero attached hydrogens (tertiary/aromatic N) is 2. The first-order chi connectivity index (χ1) is 11.4. The average Bonchev–Trinajstić information content (AvgIpc) is 2.95. The fourth-order valence-electron chi connectivity index (χ4n) is 3.17. The van der Waals surface area contributed by atoms with Crippen LogP contribution in [0.25, 0.3) is 0 Å². The number of rotatable bonds is 3. The van der Waals surface area contributed by atoms with Gasteiger partial charge >= 0.3 is 5.97 Å². The molecule has 0 bridgehead atoms. The predicted molar refractivity (Wildman–Crippen MR) is 87.0 cm³/mol. The molecule has 24 heavy (non-hydrogen) atoms. The highest BCUT2D eigenvalue weighted by Crippen LogP contribution is 2.31. The van der Waals surface area contributed by atoms with Gasteiger partial charge in [-0.1, -0.05) is 24.3 Å². The molecule has 0 radical (unpaired) electrons. The molecule has 1 unspecified atom stereocenters. The molecule has 1 aliphatic heterocycles. The lowest BCUT2D eigenvalue weighted by atomic mass is 9.92. The minimum atomic E-state index is -1.06. The zero-order chi connectivity index (χ0) is 17.4. The summed E-state index contributed by atoms with van der Waals surface area (Å²) >= 11 is 0. The van der Waals surface area contributed by atoms with Crippen LogP contribution in [0.15, 0.2) is 36.5 Å². The molecule has 1 aromatic heterocycles. The van der Waals surface area contributed by atoms with Gasteiger partial charge in [-0.15, -0.1) is 0 Å². The number of hydrogen-bond donors (Lipinski definition) is 1. The molecule has 124 valence electrons. The van der Waals surface area contributed by atoms with E-state index >= 15 is 0 Å². The standard InChI is InChI=1S/C18H18N2O4/c1-11(21)13-9-15(19(2)10-13)17(22)20-8-7-12-5-3-4-6-14(12)16(20)18(23)24/h3-6,9-10,16H,7-8H2,1-2H3,(H,23,24). The molecule has 2 heterocycles. The van der Waals surface area contributed by atoms with Crippen LogP contribution in [0.4, 0.5) is 0 Å². The topological polar surface area (TPSA) is 79.6 Å². The van der Waals surface area contributed by atoms with Crippen LogP contribution in [0.5, 0.6) is 0 Å². The molecule has 1 aliphatic rings. The molecule has 0 saturated carbocycles. The van der Waals surface area contributed by atoms with Crippen LogP contribution in [-0.4, -0.2) is 38.8 Å². The van der Waals surface area contributed by atoms with Crippen molar-refractivity contribution >= 4 is 17.7 Å². The fourth-order valence-corrected chi connectivity index (χ4v) is 3.17. The Bertz CT molecular complexity index is 837. The Hall–Kier alpha value is -2.89. The number of Topliss-reactive ketones (excluding diaryl/α,β-unsaturated/α-hetero) is 1. The Morgan fingerprint density at radius 2 is 1.92 bits per heavy atom. The van der Waals surface area contributed by atoms with Crippen molar-refractivity contribution < 1.29 is 19.5 Å². The van der Waals surface area contributed by atoms with E-state index in [4.69, 9.17) is 0 Å². The van der Waals surface area contributed by atoms with Crippen LogP contribution in [0, 0.1) is 0 Å². The molecule has 0 fully saturated rings. The van der Waals surface area contributed by atoms with E-state index in [1.807, 2.05) is 12.1 Å². The van der Waals surface area contributed by atoms with E-state index in [0.717, 1.165) is 5.56 Å². The highest BCUT2D eigenvalue weighted by atomic mass is 16.4. The molecule has 2 aromatic rings. The number of aliphatic carboxylic acids is 1. The van der Waals surface area contributed by atoms with Gasteiger partial charge in [-0.3, -0.25) is 9.59 Å². The summed E-state index contributed by atoms with van der Waals surface area (Å²) in [6.07, 6.45) is 2.19. The highest BCUT2D eigenvalue weighted by molar-refractivity contribution is 6.00. The highest BCUT2D eigenvalue weighted by Gasteiger charge is 2.37. The van der Waals surface area contributed by atoms with Crippen LogP contribution >= 0.6 is 0 Å². The molecule has 6 nitrogen and oxygen atoms in total. The molecule has 1 amide bonds. The van der Waals surface area contributed by atoms with Gasteiger partial charge in [-0.05, 0) is 30.5 Å². The Balaban J connectivity index is 2.01. The van der Waals surface area contributed by atoms with Gasteiger partial charge in [0.15, 0.2) is 11.8 Å². The van der Waals surface area contributed by atoms with E-state index in [0.29, 0.717) is 29.8 Å². The SMILES string of the molecule is CC(=O)c1cc(C(=O)N2CCc3ccccc3C2C(=O)O)n(C)c1. The van der Waals surface area contributed by atoms with Crippen molar-refractivity contribution in [2.45, 2.75) is 19.4 Å². The molecule has 6 heteroatoms. The minimum absolute atomic E-state index is 0.136. The number of carboxylic acid groups (broad SMARTS) is 1. The maximum Gasteiger partial charge on any atom is 0.331 e. The van der Waals surface area contributed by atoms with Crippen molar-refractivity contribution in [3.8, 4) is 0 Å². The van der Waals surface area contributed by atoms with Gasteiger partial charge in [0, 0.05) is 25.4 Å². The number of fused-ring (bicyclic) bond motifs is 1. The minimum Gasteiger partial charge on any atom is -0.479 e. The molecule has 0 saturated heterocycles. The van der Waals surface area contributed by atoms with E-state index < -0.39 is 12.0 Å². The van der Waals surface area contributed by atoms with Gasteiger partial charge in [0.1, 0.15) is 5.69 Å². The number of hydrogen-bond acceptors (Lipinski definition) is 3.